The van der Waals surface area contributed by atoms with Crippen LogP contribution in [0, 0.1) is 11.7 Å². The maximum atomic E-state index is 13.8. The molecule has 0 bridgehead atoms. The van der Waals surface area contributed by atoms with Gasteiger partial charge >= 0.3 is 0 Å². The molecule has 1 saturated heterocycles. The summed E-state index contributed by atoms with van der Waals surface area (Å²) in [5.74, 6) is 0.471. The topological polar surface area (TPSA) is 42.1 Å². The summed E-state index contributed by atoms with van der Waals surface area (Å²) in [6, 6.07) is 6.81. The van der Waals surface area contributed by atoms with Gasteiger partial charge in [0.1, 0.15) is 10.8 Å². The minimum absolute atomic E-state index is 0.206. The molecule has 1 aromatic carbocycles. The lowest BCUT2D eigenvalue weighted by Crippen LogP contribution is -2.35. The van der Waals surface area contributed by atoms with E-state index in [1.807, 2.05) is 26.1 Å². The predicted molar refractivity (Wildman–Crippen MR) is 95.9 cm³/mol. The summed E-state index contributed by atoms with van der Waals surface area (Å²) in [7, 11) is 0. The van der Waals surface area contributed by atoms with E-state index in [0.29, 0.717) is 11.5 Å². The lowest BCUT2D eigenvalue weighted by atomic mass is 9.97. The zero-order valence-electron chi connectivity index (χ0n) is 14.0. The van der Waals surface area contributed by atoms with E-state index >= 15 is 0 Å². The molecule has 0 radical (unpaired) electrons. The first kappa shape index (κ1) is 18.0. The molecule has 1 fully saturated rings. The first-order valence-electron chi connectivity index (χ1n) is 8.38. The lowest BCUT2D eigenvalue weighted by molar-refractivity contribution is 0.182. The van der Waals surface area contributed by atoms with Crippen LogP contribution in [0.1, 0.15) is 31.6 Å². The molecule has 0 aliphatic carbocycles. The number of hydrogen-bond donors (Lipinski definition) is 1. The van der Waals surface area contributed by atoms with Crippen LogP contribution in [0.5, 0.6) is 0 Å². The fourth-order valence-corrected chi connectivity index (χ4v) is 3.72. The highest BCUT2D eigenvalue weighted by Crippen LogP contribution is 2.28. The molecule has 2 N–H and O–H groups in total. The molecule has 0 unspecified atom stereocenters. The lowest BCUT2D eigenvalue weighted by Gasteiger charge is -2.30. The van der Waals surface area contributed by atoms with Gasteiger partial charge in [-0.05, 0) is 50.5 Å². The van der Waals surface area contributed by atoms with Crippen molar-refractivity contribution in [3.63, 3.8) is 0 Å². The zero-order chi connectivity index (χ0) is 16.7. The monoisotopic (exact) mass is 335 g/mol. The molecule has 5 heteroatoms. The zero-order valence-corrected chi connectivity index (χ0v) is 14.8. The number of halogens is 1. The van der Waals surface area contributed by atoms with E-state index in [2.05, 4.69) is 9.88 Å². The number of hydrogen-bond acceptors (Lipinski definition) is 4. The third kappa shape index (κ3) is 4.83. The summed E-state index contributed by atoms with van der Waals surface area (Å²) in [5.41, 5.74) is 6.31. The van der Waals surface area contributed by atoms with Crippen LogP contribution in [-0.4, -0.2) is 29.5 Å². The van der Waals surface area contributed by atoms with Gasteiger partial charge in [-0.3, -0.25) is 4.90 Å². The second-order valence-corrected chi connectivity index (χ2v) is 6.68. The first-order chi connectivity index (χ1) is 11.3. The Morgan fingerprint density at radius 3 is 2.61 bits per heavy atom. The van der Waals surface area contributed by atoms with Crippen LogP contribution in [-0.2, 0) is 6.54 Å². The molecular formula is C18H26FN3S. The van der Waals surface area contributed by atoms with E-state index in [4.69, 9.17) is 5.73 Å². The van der Waals surface area contributed by atoms with Gasteiger partial charge in [0, 0.05) is 23.2 Å². The fourth-order valence-electron chi connectivity index (χ4n) is 2.74. The van der Waals surface area contributed by atoms with E-state index in [-0.39, 0.29) is 5.82 Å². The van der Waals surface area contributed by atoms with Crippen molar-refractivity contribution in [1.82, 2.24) is 9.88 Å². The highest BCUT2D eigenvalue weighted by atomic mass is 32.1. The third-order valence-corrected chi connectivity index (χ3v) is 5.09. The van der Waals surface area contributed by atoms with Gasteiger partial charge in [0.25, 0.3) is 0 Å². The molecule has 3 rings (SSSR count). The van der Waals surface area contributed by atoms with E-state index in [9.17, 15) is 4.39 Å². The van der Waals surface area contributed by atoms with Crippen LogP contribution < -0.4 is 5.73 Å². The minimum Gasteiger partial charge on any atom is -0.330 e. The van der Waals surface area contributed by atoms with Crippen molar-refractivity contribution in [2.24, 2.45) is 11.7 Å². The summed E-state index contributed by atoms with van der Waals surface area (Å²) < 4.78 is 13.8. The highest BCUT2D eigenvalue weighted by Gasteiger charge is 2.19. The number of likely N-dealkylation sites (tertiary alicyclic amines) is 1. The quantitative estimate of drug-likeness (QED) is 0.913. The smallest absolute Gasteiger partial charge is 0.133 e. The Hall–Kier alpha value is -1.30. The summed E-state index contributed by atoms with van der Waals surface area (Å²) >= 11 is 1.58. The average molecular weight is 335 g/mol. The Labute approximate surface area is 142 Å². The number of nitrogens with zero attached hydrogens (tertiary/aromatic N) is 2. The molecule has 23 heavy (non-hydrogen) atoms. The summed E-state index contributed by atoms with van der Waals surface area (Å²) in [6.45, 7) is 7.89. The number of benzene rings is 1. The minimum atomic E-state index is -0.206. The van der Waals surface area contributed by atoms with Crippen molar-refractivity contribution in [3.8, 4) is 10.6 Å². The van der Waals surface area contributed by atoms with Gasteiger partial charge < -0.3 is 5.73 Å². The van der Waals surface area contributed by atoms with Gasteiger partial charge in [-0.2, -0.15) is 0 Å². The Kier molecular flexibility index (Phi) is 7.15. The number of piperidine rings is 1. The average Bonchev–Trinajstić information content (AvgIpc) is 3.06. The van der Waals surface area contributed by atoms with E-state index in [1.165, 1.54) is 23.8 Å². The molecule has 2 heterocycles. The van der Waals surface area contributed by atoms with Gasteiger partial charge in [-0.25, -0.2) is 9.37 Å². The van der Waals surface area contributed by atoms with Crippen LogP contribution in [0.4, 0.5) is 4.39 Å². The maximum Gasteiger partial charge on any atom is 0.133 e. The summed E-state index contributed by atoms with van der Waals surface area (Å²) in [5, 5.41) is 0.764. The van der Waals surface area contributed by atoms with Crippen molar-refractivity contribution in [3.05, 3.63) is 41.2 Å². The number of rotatable bonds is 4. The molecule has 1 aliphatic rings. The van der Waals surface area contributed by atoms with Crippen LogP contribution >= 0.6 is 11.3 Å². The number of nitrogens with two attached hydrogens (primary N) is 1. The van der Waals surface area contributed by atoms with Crippen molar-refractivity contribution in [2.45, 2.75) is 33.2 Å². The second kappa shape index (κ2) is 9.11. The molecule has 0 atom stereocenters. The van der Waals surface area contributed by atoms with E-state index in [0.717, 1.165) is 31.2 Å². The summed E-state index contributed by atoms with van der Waals surface area (Å²) in [4.78, 5) is 8.00. The number of aromatic nitrogens is 1. The van der Waals surface area contributed by atoms with Gasteiger partial charge in [0.2, 0.25) is 0 Å². The summed E-state index contributed by atoms with van der Waals surface area (Å²) in [6.07, 6.45) is 4.23. The molecule has 3 nitrogen and oxygen atoms in total. The van der Waals surface area contributed by atoms with Gasteiger partial charge in [0.15, 0.2) is 0 Å². The highest BCUT2D eigenvalue weighted by molar-refractivity contribution is 7.15. The van der Waals surface area contributed by atoms with Crippen LogP contribution in [0.3, 0.4) is 0 Å². The van der Waals surface area contributed by atoms with Gasteiger partial charge in [0.05, 0.1) is 0 Å². The molecular weight excluding hydrogens is 309 g/mol. The first-order valence-corrected chi connectivity index (χ1v) is 9.20. The maximum absolute atomic E-state index is 13.8. The second-order valence-electron chi connectivity index (χ2n) is 5.57. The Balaban J connectivity index is 0.000000924. The molecule has 0 saturated carbocycles. The predicted octanol–water partition coefficient (Wildman–Crippen LogP) is 4.15. The van der Waals surface area contributed by atoms with Crippen molar-refractivity contribution < 1.29 is 4.39 Å². The SMILES string of the molecule is CC.NCC1CCN(Cc2cnc(-c3ccccc3F)s2)CC1. The van der Waals surface area contributed by atoms with Gasteiger partial charge in [-0.15, -0.1) is 11.3 Å². The normalized spacial score (nSPS) is 16.0. The standard InChI is InChI=1S/C16H20FN3S.C2H6/c17-15-4-2-1-3-14(15)16-19-10-13(21-16)11-20-7-5-12(9-18)6-8-20;1-2/h1-4,10,12H,5-9,11,18H2;1-2H3. The molecule has 0 amide bonds. The van der Waals surface area contributed by atoms with Gasteiger partial charge in [-0.1, -0.05) is 26.0 Å². The van der Waals surface area contributed by atoms with Crippen LogP contribution in [0.25, 0.3) is 10.6 Å². The van der Waals surface area contributed by atoms with Crippen molar-refractivity contribution in [1.29, 1.82) is 0 Å². The molecule has 1 aliphatic heterocycles. The van der Waals surface area contributed by atoms with E-state index < -0.39 is 0 Å². The van der Waals surface area contributed by atoms with Crippen LogP contribution in [0.15, 0.2) is 30.5 Å². The third-order valence-electron chi connectivity index (χ3n) is 4.08. The Morgan fingerprint density at radius 2 is 1.96 bits per heavy atom. The molecule has 1 aromatic heterocycles. The molecule has 2 aromatic rings. The van der Waals surface area contributed by atoms with Crippen molar-refractivity contribution in [2.75, 3.05) is 19.6 Å². The Bertz CT molecular complexity index is 591. The van der Waals surface area contributed by atoms with Crippen LogP contribution in [0.2, 0.25) is 0 Å². The van der Waals surface area contributed by atoms with Crippen molar-refractivity contribution >= 4 is 11.3 Å². The number of thiazole rings is 1. The van der Waals surface area contributed by atoms with E-state index in [1.54, 1.807) is 23.5 Å². The largest absolute Gasteiger partial charge is 0.330 e. The molecule has 126 valence electrons. The fraction of sp³-hybridized carbons (Fsp3) is 0.500. The Morgan fingerprint density at radius 1 is 1.26 bits per heavy atom. The molecule has 0 spiro atoms.